The average Bonchev–Trinajstić information content (AvgIpc) is 3.45. The predicted octanol–water partition coefficient (Wildman–Crippen LogP) is 6.83. The molecule has 0 amide bonds. The van der Waals surface area contributed by atoms with Crippen LogP contribution in [0.5, 0.6) is 5.75 Å². The van der Waals surface area contributed by atoms with Gasteiger partial charge in [-0.3, -0.25) is 19.2 Å². The number of Topliss-reactive ketones (excluding diaryl/α,β-unsaturated/α-hetero) is 1. The van der Waals surface area contributed by atoms with E-state index in [0.717, 1.165) is 17.5 Å². The second-order valence-electron chi connectivity index (χ2n) is 14.7. The Morgan fingerprint density at radius 3 is 2.23 bits per heavy atom. The van der Waals surface area contributed by atoms with Gasteiger partial charge in [0.2, 0.25) is 0 Å². The molecule has 0 atom stereocenters. The Labute approximate surface area is 279 Å². The summed E-state index contributed by atoms with van der Waals surface area (Å²) in [6.07, 6.45) is 6.43. The molecule has 1 aliphatic rings. The van der Waals surface area contributed by atoms with E-state index in [9.17, 15) is 19.2 Å². The third kappa shape index (κ3) is 8.11. The van der Waals surface area contributed by atoms with Gasteiger partial charge < -0.3 is 18.6 Å². The van der Waals surface area contributed by atoms with Gasteiger partial charge in [0.1, 0.15) is 34.3 Å². The fourth-order valence-electron chi connectivity index (χ4n) is 5.99. The van der Waals surface area contributed by atoms with Crippen LogP contribution in [-0.4, -0.2) is 50.5 Å². The molecule has 0 radical (unpaired) electrons. The van der Waals surface area contributed by atoms with Crippen molar-refractivity contribution in [3.05, 3.63) is 64.6 Å². The van der Waals surface area contributed by atoms with E-state index in [-0.39, 0.29) is 18.5 Å². The summed E-state index contributed by atoms with van der Waals surface area (Å²) in [5, 5.41) is 9.01. The lowest BCUT2D eigenvalue weighted by atomic mass is 9.78. The van der Waals surface area contributed by atoms with Crippen molar-refractivity contribution in [1.82, 2.24) is 15.0 Å². The minimum absolute atomic E-state index is 0.197. The van der Waals surface area contributed by atoms with Crippen LogP contribution in [0.25, 0.3) is 21.9 Å². The highest BCUT2D eigenvalue weighted by Gasteiger charge is 2.52. The highest BCUT2D eigenvalue weighted by molar-refractivity contribution is 6.12. The smallest absolute Gasteiger partial charge is 0.324 e. The number of ether oxygens (including phenoxy) is 3. The molecule has 48 heavy (non-hydrogen) atoms. The maximum Gasteiger partial charge on any atom is 0.324 e. The highest BCUT2D eigenvalue weighted by atomic mass is 16.6. The van der Waals surface area contributed by atoms with Crippen molar-refractivity contribution in [2.45, 2.75) is 104 Å². The van der Waals surface area contributed by atoms with Crippen molar-refractivity contribution < 1.29 is 33.0 Å². The summed E-state index contributed by atoms with van der Waals surface area (Å²) in [6, 6.07) is 12.0. The summed E-state index contributed by atoms with van der Waals surface area (Å²) in [5.74, 6) is -1.25. The molecule has 2 aromatic heterocycles. The first-order valence-electron chi connectivity index (χ1n) is 16.6. The number of esters is 2. The van der Waals surface area contributed by atoms with Crippen LogP contribution in [0.15, 0.2) is 57.9 Å². The van der Waals surface area contributed by atoms with E-state index in [1.807, 2.05) is 0 Å². The lowest BCUT2D eigenvalue weighted by Gasteiger charge is -2.34. The highest BCUT2D eigenvalue weighted by Crippen LogP contribution is 2.38. The van der Waals surface area contributed by atoms with Crippen LogP contribution in [0, 0.1) is 11.3 Å². The van der Waals surface area contributed by atoms with Crippen LogP contribution >= 0.6 is 0 Å². The van der Waals surface area contributed by atoms with E-state index in [4.69, 9.17) is 18.6 Å². The first-order valence-corrected chi connectivity index (χ1v) is 16.6. The number of hydrogen-bond donors (Lipinski definition) is 0. The lowest BCUT2D eigenvalue weighted by molar-refractivity contribution is -0.186. The van der Waals surface area contributed by atoms with Crippen molar-refractivity contribution in [3.8, 4) is 5.75 Å². The maximum absolute atomic E-state index is 14.1. The average molecular weight is 660 g/mol. The quantitative estimate of drug-likeness (QED) is 0.0956. The molecular formula is C37H45N3O8. The number of benzene rings is 2. The molecule has 0 spiro atoms. The van der Waals surface area contributed by atoms with E-state index in [1.54, 1.807) is 84.0 Å². The fourth-order valence-corrected chi connectivity index (χ4v) is 5.99. The predicted molar refractivity (Wildman–Crippen MR) is 180 cm³/mol. The molecule has 2 aromatic carbocycles. The molecule has 256 valence electrons. The Morgan fingerprint density at radius 1 is 0.896 bits per heavy atom. The third-order valence-electron chi connectivity index (χ3n) is 8.48. The number of ketones is 1. The van der Waals surface area contributed by atoms with E-state index < -0.39 is 46.3 Å². The summed E-state index contributed by atoms with van der Waals surface area (Å²) in [6.45, 7) is 10.4. The van der Waals surface area contributed by atoms with Crippen LogP contribution in [0.4, 0.5) is 0 Å². The molecule has 4 aromatic rings. The van der Waals surface area contributed by atoms with Gasteiger partial charge in [0, 0.05) is 24.4 Å². The topological polar surface area (TPSA) is 140 Å². The SMILES string of the molecule is CC(C)(C)OC(=O)C(CCn1nnc2ccccc2c1=O)(CC(=O)c1coc2cc(OCC3CCCCC3)ccc12)C(=O)OC(C)(C)C. The van der Waals surface area contributed by atoms with Crippen molar-refractivity contribution in [1.29, 1.82) is 0 Å². The second-order valence-corrected chi connectivity index (χ2v) is 14.7. The van der Waals surface area contributed by atoms with Crippen molar-refractivity contribution in [2.75, 3.05) is 6.61 Å². The molecule has 11 nitrogen and oxygen atoms in total. The molecule has 2 heterocycles. The van der Waals surface area contributed by atoms with E-state index in [2.05, 4.69) is 10.3 Å². The molecule has 0 aliphatic heterocycles. The zero-order valence-corrected chi connectivity index (χ0v) is 28.7. The standard InChI is InChI=1S/C37H45N3O8/c1-35(2,3)47-33(43)37(34(44)48-36(4,5)6,18-19-40-32(42)27-14-10-11-15-29(27)38-39-40)21-30(41)28-23-46-31-20-25(16-17-26(28)31)45-22-24-12-8-7-9-13-24/h10-11,14-17,20,23-24H,7-9,12-13,18-19,21-22H2,1-6H3. The van der Waals surface area contributed by atoms with Crippen LogP contribution in [-0.2, 0) is 25.6 Å². The first kappa shape index (κ1) is 34.8. The lowest BCUT2D eigenvalue weighted by Crippen LogP contribution is -2.49. The number of nitrogens with zero attached hydrogens (tertiary/aromatic N) is 3. The van der Waals surface area contributed by atoms with E-state index in [0.29, 0.717) is 40.1 Å². The van der Waals surface area contributed by atoms with Gasteiger partial charge >= 0.3 is 11.9 Å². The maximum atomic E-state index is 14.1. The minimum Gasteiger partial charge on any atom is -0.493 e. The Morgan fingerprint density at radius 2 is 1.56 bits per heavy atom. The van der Waals surface area contributed by atoms with E-state index in [1.165, 1.54) is 25.5 Å². The van der Waals surface area contributed by atoms with Crippen LogP contribution < -0.4 is 10.3 Å². The summed E-state index contributed by atoms with van der Waals surface area (Å²) in [4.78, 5) is 55.7. The molecule has 1 saturated carbocycles. The van der Waals surface area contributed by atoms with E-state index >= 15 is 0 Å². The van der Waals surface area contributed by atoms with Gasteiger partial charge in [0.05, 0.1) is 17.6 Å². The van der Waals surface area contributed by atoms with Gasteiger partial charge in [0.25, 0.3) is 5.56 Å². The molecular weight excluding hydrogens is 614 g/mol. The molecule has 11 heteroatoms. The third-order valence-corrected chi connectivity index (χ3v) is 8.48. The van der Waals surface area contributed by atoms with Gasteiger partial charge in [-0.15, -0.1) is 5.10 Å². The summed E-state index contributed by atoms with van der Waals surface area (Å²) in [7, 11) is 0. The number of aryl methyl sites for hydroxylation is 1. The zero-order valence-electron chi connectivity index (χ0n) is 28.7. The number of carbonyl (C=O) groups is 3. The molecule has 0 saturated heterocycles. The minimum atomic E-state index is -2.13. The van der Waals surface area contributed by atoms with Crippen LogP contribution in [0.3, 0.4) is 0 Å². The van der Waals surface area contributed by atoms with Gasteiger partial charge in [-0.25, -0.2) is 4.68 Å². The number of rotatable bonds is 11. The van der Waals surface area contributed by atoms with Gasteiger partial charge in [-0.1, -0.05) is 36.6 Å². The molecule has 1 aliphatic carbocycles. The largest absolute Gasteiger partial charge is 0.493 e. The Balaban J connectivity index is 1.48. The Kier molecular flexibility index (Phi) is 10.1. The van der Waals surface area contributed by atoms with Gasteiger partial charge in [-0.05, 0) is 91.0 Å². The number of furan rings is 1. The number of carbonyl (C=O) groups excluding carboxylic acids is 3. The molecule has 0 bridgehead atoms. The van der Waals surface area contributed by atoms with Gasteiger partial charge in [-0.2, -0.15) is 0 Å². The summed E-state index contributed by atoms with van der Waals surface area (Å²) in [5.41, 5.74) is -3.52. The fraction of sp³-hybridized carbons (Fsp3) is 0.514. The molecule has 5 rings (SSSR count). The first-order chi connectivity index (χ1) is 22.6. The Bertz CT molecular complexity index is 1830. The molecule has 0 N–H and O–H groups in total. The number of hydrogen-bond acceptors (Lipinski definition) is 10. The monoisotopic (exact) mass is 659 g/mol. The van der Waals surface area contributed by atoms with Crippen molar-refractivity contribution >= 4 is 39.6 Å². The second kappa shape index (κ2) is 13.9. The van der Waals surface area contributed by atoms with Crippen LogP contribution in [0.2, 0.25) is 0 Å². The van der Waals surface area contributed by atoms with Gasteiger partial charge in [0.15, 0.2) is 11.2 Å². The van der Waals surface area contributed by atoms with Crippen LogP contribution in [0.1, 0.15) is 96.8 Å². The molecule has 0 unspecified atom stereocenters. The number of aromatic nitrogens is 3. The zero-order chi connectivity index (χ0) is 34.7. The Hall–Kier alpha value is -4.54. The molecule has 1 fully saturated rings. The normalized spacial score (nSPS) is 14.6. The summed E-state index contributed by atoms with van der Waals surface area (Å²) < 4.78 is 24.5. The van der Waals surface area contributed by atoms with Crippen molar-refractivity contribution in [2.24, 2.45) is 11.3 Å². The van der Waals surface area contributed by atoms with Crippen molar-refractivity contribution in [3.63, 3.8) is 0 Å². The number of fused-ring (bicyclic) bond motifs is 2. The summed E-state index contributed by atoms with van der Waals surface area (Å²) >= 11 is 0.